The van der Waals surface area contributed by atoms with Crippen molar-refractivity contribution >= 4 is 29.0 Å². The van der Waals surface area contributed by atoms with Crippen LogP contribution in [0, 0.1) is 5.95 Å². The number of ether oxygens (including phenoxy) is 1. The molecule has 10 heteroatoms. The number of nitrogens with one attached hydrogen (secondary N) is 2. The lowest BCUT2D eigenvalue weighted by Gasteiger charge is -2.27. The van der Waals surface area contributed by atoms with Gasteiger partial charge >= 0.3 is 0 Å². The summed E-state index contributed by atoms with van der Waals surface area (Å²) in [6, 6.07) is 20.4. The summed E-state index contributed by atoms with van der Waals surface area (Å²) in [6.45, 7) is 2.46. The van der Waals surface area contributed by atoms with Gasteiger partial charge in [0.25, 0.3) is 5.91 Å². The van der Waals surface area contributed by atoms with Gasteiger partial charge < -0.3 is 24.7 Å². The summed E-state index contributed by atoms with van der Waals surface area (Å²) in [7, 11) is 0. The van der Waals surface area contributed by atoms with Crippen LogP contribution in [0.2, 0.25) is 0 Å². The summed E-state index contributed by atoms with van der Waals surface area (Å²) in [6.07, 6.45) is 0.392. The fourth-order valence-corrected chi connectivity index (χ4v) is 4.33. The average Bonchev–Trinajstić information content (AvgIpc) is 3.35. The van der Waals surface area contributed by atoms with Gasteiger partial charge in [0.05, 0.1) is 36.4 Å². The molecule has 4 heterocycles. The SMILES string of the molecule is O=C1Nc2ccccc2C(c2ccccc2)=NC1Nc1cnc(-c2ccc(N3CCOCC3)nc2F)o1. The Morgan fingerprint density at radius 2 is 1.76 bits per heavy atom. The Bertz CT molecular complexity index is 1470. The second kappa shape index (κ2) is 9.82. The third-order valence-electron chi connectivity index (χ3n) is 6.18. The van der Waals surface area contributed by atoms with Crippen LogP contribution in [-0.2, 0) is 9.53 Å². The van der Waals surface area contributed by atoms with Crippen molar-refractivity contribution in [2.75, 3.05) is 41.8 Å². The number of fused-ring (bicyclic) bond motifs is 1. The van der Waals surface area contributed by atoms with Gasteiger partial charge in [-0.15, -0.1) is 0 Å². The number of para-hydroxylation sites is 1. The number of benzene rings is 2. The van der Waals surface area contributed by atoms with Crippen molar-refractivity contribution in [3.8, 4) is 11.5 Å². The van der Waals surface area contributed by atoms with Crippen molar-refractivity contribution in [2.45, 2.75) is 6.17 Å². The Morgan fingerprint density at radius 3 is 2.57 bits per heavy atom. The number of rotatable bonds is 5. The van der Waals surface area contributed by atoms with Crippen LogP contribution in [0.4, 0.5) is 21.8 Å². The van der Waals surface area contributed by atoms with E-state index in [1.807, 2.05) is 59.5 Å². The van der Waals surface area contributed by atoms with E-state index in [0.29, 0.717) is 43.5 Å². The Hall–Kier alpha value is -4.57. The lowest BCUT2D eigenvalue weighted by molar-refractivity contribution is -0.116. The van der Waals surface area contributed by atoms with Gasteiger partial charge in [-0.05, 0) is 18.2 Å². The molecule has 2 aliphatic rings. The smallest absolute Gasteiger partial charge is 0.269 e. The number of oxazole rings is 1. The van der Waals surface area contributed by atoms with Crippen molar-refractivity contribution in [1.82, 2.24) is 9.97 Å². The van der Waals surface area contributed by atoms with Gasteiger partial charge in [-0.1, -0.05) is 48.5 Å². The highest BCUT2D eigenvalue weighted by atomic mass is 19.1. The molecular weight excluding hydrogens is 475 g/mol. The molecule has 4 aromatic rings. The van der Waals surface area contributed by atoms with E-state index in [0.717, 1.165) is 11.1 Å². The number of hydrogen-bond acceptors (Lipinski definition) is 8. The molecule has 1 amide bonds. The highest BCUT2D eigenvalue weighted by Gasteiger charge is 2.27. The maximum atomic E-state index is 14.9. The zero-order valence-corrected chi connectivity index (χ0v) is 19.7. The van der Waals surface area contributed by atoms with Gasteiger partial charge in [-0.25, -0.2) is 15.0 Å². The van der Waals surface area contributed by atoms with E-state index in [1.165, 1.54) is 6.20 Å². The Morgan fingerprint density at radius 1 is 0.973 bits per heavy atom. The van der Waals surface area contributed by atoms with Gasteiger partial charge in [0.2, 0.25) is 23.9 Å². The molecule has 2 N–H and O–H groups in total. The maximum Gasteiger partial charge on any atom is 0.269 e. The monoisotopic (exact) mass is 498 g/mol. The maximum absolute atomic E-state index is 14.9. The number of aliphatic imine (C=N–C) groups is 1. The molecule has 1 atom stereocenters. The molecular formula is C27H23FN6O3. The van der Waals surface area contributed by atoms with Crippen LogP contribution in [0.3, 0.4) is 0 Å². The van der Waals surface area contributed by atoms with Crippen molar-refractivity contribution in [2.24, 2.45) is 4.99 Å². The van der Waals surface area contributed by atoms with E-state index in [9.17, 15) is 9.18 Å². The molecule has 0 aliphatic carbocycles. The fraction of sp³-hybridized carbons (Fsp3) is 0.185. The van der Waals surface area contributed by atoms with E-state index in [2.05, 4.69) is 20.6 Å². The van der Waals surface area contributed by atoms with Crippen molar-refractivity contribution in [3.05, 3.63) is 90.0 Å². The van der Waals surface area contributed by atoms with Gasteiger partial charge in [-0.3, -0.25) is 4.79 Å². The molecule has 0 bridgehead atoms. The number of hydrogen-bond donors (Lipinski definition) is 2. The number of aromatic nitrogens is 2. The molecule has 2 aromatic heterocycles. The predicted octanol–water partition coefficient (Wildman–Crippen LogP) is 3.94. The summed E-state index contributed by atoms with van der Waals surface area (Å²) >= 11 is 0. The van der Waals surface area contributed by atoms with Gasteiger partial charge in [0.1, 0.15) is 5.82 Å². The number of halogens is 1. The highest BCUT2D eigenvalue weighted by Crippen LogP contribution is 2.28. The lowest BCUT2D eigenvalue weighted by atomic mass is 10.0. The van der Waals surface area contributed by atoms with Crippen molar-refractivity contribution in [3.63, 3.8) is 0 Å². The number of amides is 1. The second-order valence-corrected chi connectivity index (χ2v) is 8.56. The molecule has 9 nitrogen and oxygen atoms in total. The lowest BCUT2D eigenvalue weighted by Crippen LogP contribution is -2.36. The number of benzodiazepines with no additional fused rings is 1. The summed E-state index contributed by atoms with van der Waals surface area (Å²) < 4.78 is 26.0. The summed E-state index contributed by atoms with van der Waals surface area (Å²) in [5.41, 5.74) is 3.10. The Kier molecular flexibility index (Phi) is 6.07. The molecule has 0 spiro atoms. The van der Waals surface area contributed by atoms with Crippen LogP contribution in [0.25, 0.3) is 11.5 Å². The first-order valence-corrected chi connectivity index (χ1v) is 11.9. The van der Waals surface area contributed by atoms with Crippen molar-refractivity contribution < 1.29 is 18.3 Å². The molecule has 2 aliphatic heterocycles. The van der Waals surface area contributed by atoms with E-state index >= 15 is 0 Å². The minimum Gasteiger partial charge on any atom is -0.421 e. The Balaban J connectivity index is 1.27. The second-order valence-electron chi connectivity index (χ2n) is 8.56. The first-order chi connectivity index (χ1) is 18.2. The van der Waals surface area contributed by atoms with Gasteiger partial charge in [-0.2, -0.15) is 4.39 Å². The minimum atomic E-state index is -1.00. The molecule has 0 saturated carbocycles. The van der Waals surface area contributed by atoms with Crippen LogP contribution in [0.5, 0.6) is 0 Å². The predicted molar refractivity (Wildman–Crippen MR) is 137 cm³/mol. The van der Waals surface area contributed by atoms with Crippen LogP contribution in [0.1, 0.15) is 11.1 Å². The number of carbonyl (C=O) groups excluding carboxylic acids is 1. The standard InChI is InChI=1S/C27H23FN6O3/c28-24-19(10-11-21(31-24)34-12-14-36-15-13-34)27-29-16-22(37-27)32-25-26(35)30-20-9-5-4-8-18(20)23(33-25)17-6-2-1-3-7-17/h1-11,16,25,32H,12-15H2,(H,30,35). The molecule has 6 rings (SSSR count). The molecule has 37 heavy (non-hydrogen) atoms. The zero-order valence-electron chi connectivity index (χ0n) is 19.7. The number of pyridine rings is 1. The molecule has 1 fully saturated rings. The zero-order chi connectivity index (χ0) is 25.2. The molecule has 186 valence electrons. The first kappa shape index (κ1) is 22.9. The quantitative estimate of drug-likeness (QED) is 0.402. The molecule has 1 unspecified atom stereocenters. The van der Waals surface area contributed by atoms with Gasteiger partial charge in [0.15, 0.2) is 0 Å². The van der Waals surface area contributed by atoms with E-state index < -0.39 is 12.1 Å². The summed E-state index contributed by atoms with van der Waals surface area (Å²) in [4.78, 5) is 28.0. The first-order valence-electron chi connectivity index (χ1n) is 11.9. The number of nitrogens with zero attached hydrogens (tertiary/aromatic N) is 4. The van der Waals surface area contributed by atoms with Gasteiger partial charge in [0, 0.05) is 24.2 Å². The van der Waals surface area contributed by atoms with Crippen LogP contribution in [-0.4, -0.2) is 54.1 Å². The fourth-order valence-electron chi connectivity index (χ4n) is 4.33. The van der Waals surface area contributed by atoms with Crippen LogP contribution >= 0.6 is 0 Å². The Labute approximate surface area is 212 Å². The normalized spacial score (nSPS) is 17.4. The number of carbonyl (C=O) groups is 1. The van der Waals surface area contributed by atoms with E-state index in [-0.39, 0.29) is 23.2 Å². The molecule has 1 saturated heterocycles. The highest BCUT2D eigenvalue weighted by molar-refractivity contribution is 6.19. The molecule has 0 radical (unpaired) electrons. The van der Waals surface area contributed by atoms with Crippen LogP contribution in [0.15, 0.2) is 82.3 Å². The largest absolute Gasteiger partial charge is 0.421 e. The number of morpholine rings is 1. The molecule has 2 aromatic carbocycles. The third kappa shape index (κ3) is 4.66. The average molecular weight is 499 g/mol. The minimum absolute atomic E-state index is 0.0469. The van der Waals surface area contributed by atoms with E-state index in [4.69, 9.17) is 14.1 Å². The third-order valence-corrected chi connectivity index (χ3v) is 6.18. The van der Waals surface area contributed by atoms with E-state index in [1.54, 1.807) is 12.1 Å². The van der Waals surface area contributed by atoms with Crippen molar-refractivity contribution in [1.29, 1.82) is 0 Å². The van der Waals surface area contributed by atoms with Crippen LogP contribution < -0.4 is 15.5 Å². The number of anilines is 3. The summed E-state index contributed by atoms with van der Waals surface area (Å²) in [5, 5.41) is 5.90. The topological polar surface area (TPSA) is 105 Å². The summed E-state index contributed by atoms with van der Waals surface area (Å²) in [5.74, 6) is -0.296.